The molecule has 2 amide bonds. The second kappa shape index (κ2) is 6.08. The van der Waals surface area contributed by atoms with E-state index in [2.05, 4.69) is 0 Å². The van der Waals surface area contributed by atoms with Gasteiger partial charge in [0.05, 0.1) is 5.54 Å². The Bertz CT molecular complexity index is 470. The van der Waals surface area contributed by atoms with Gasteiger partial charge in [-0.3, -0.25) is 4.79 Å². The topological polar surface area (TPSA) is 55.8 Å². The highest BCUT2D eigenvalue weighted by atomic mass is 16.6. The van der Waals surface area contributed by atoms with E-state index in [1.54, 1.807) is 7.11 Å². The predicted molar refractivity (Wildman–Crippen MR) is 88.0 cm³/mol. The van der Waals surface area contributed by atoms with Crippen LogP contribution in [0.3, 0.4) is 0 Å². The van der Waals surface area contributed by atoms with Gasteiger partial charge in [-0.15, -0.1) is 0 Å². The molecule has 0 aromatic heterocycles. The van der Waals surface area contributed by atoms with Crippen molar-refractivity contribution in [1.29, 1.82) is 0 Å². The molecule has 1 aliphatic heterocycles. The quantitative estimate of drug-likeness (QED) is 0.776. The number of carbonyl (C=O) groups excluding carboxylic acids is 2. The number of hydrogen-bond donors (Lipinski definition) is 0. The van der Waals surface area contributed by atoms with E-state index in [9.17, 15) is 9.59 Å². The molecule has 5 heteroatoms. The van der Waals surface area contributed by atoms with Gasteiger partial charge in [0.25, 0.3) is 0 Å². The first kappa shape index (κ1) is 18.2. The Morgan fingerprint density at radius 3 is 2.30 bits per heavy atom. The second-order valence-electron chi connectivity index (χ2n) is 8.80. The zero-order valence-electron chi connectivity index (χ0n) is 15.4. The van der Waals surface area contributed by atoms with Crippen LogP contribution in [0.5, 0.6) is 0 Å². The van der Waals surface area contributed by atoms with E-state index in [4.69, 9.17) is 9.47 Å². The standard InChI is InChI=1S/C18H31NO4/c1-16(2,3)23-15(21)19-14(20)17(4,5)12-18(19)9-7-13(8-10-18)11-22-6/h13H,7-12H2,1-6H3. The van der Waals surface area contributed by atoms with Crippen LogP contribution in [-0.2, 0) is 14.3 Å². The Balaban J connectivity index is 2.23. The highest BCUT2D eigenvalue weighted by molar-refractivity contribution is 5.98. The molecular formula is C18H31NO4. The van der Waals surface area contributed by atoms with Crippen LogP contribution in [0, 0.1) is 11.3 Å². The third kappa shape index (κ3) is 3.70. The average molecular weight is 325 g/mol. The smallest absolute Gasteiger partial charge is 0.417 e. The highest BCUT2D eigenvalue weighted by Gasteiger charge is 2.58. The number of carbonyl (C=O) groups is 2. The molecule has 2 fully saturated rings. The highest BCUT2D eigenvalue weighted by Crippen LogP contribution is 2.51. The summed E-state index contributed by atoms with van der Waals surface area (Å²) in [5.74, 6) is 0.418. The van der Waals surface area contributed by atoms with Gasteiger partial charge in [-0.05, 0) is 58.8 Å². The summed E-state index contributed by atoms with van der Waals surface area (Å²) in [4.78, 5) is 27.0. The molecular weight excluding hydrogens is 294 g/mol. The van der Waals surface area contributed by atoms with Crippen molar-refractivity contribution in [3.63, 3.8) is 0 Å². The Morgan fingerprint density at radius 2 is 1.83 bits per heavy atom. The molecule has 0 unspecified atom stereocenters. The minimum atomic E-state index is -0.599. The number of ether oxygens (including phenoxy) is 2. The van der Waals surface area contributed by atoms with Gasteiger partial charge in [0.15, 0.2) is 0 Å². The van der Waals surface area contributed by atoms with E-state index in [0.717, 1.165) is 38.7 Å². The average Bonchev–Trinajstić information content (AvgIpc) is 2.58. The van der Waals surface area contributed by atoms with Gasteiger partial charge in [0.2, 0.25) is 5.91 Å². The number of amides is 2. The van der Waals surface area contributed by atoms with Crippen LogP contribution in [0.25, 0.3) is 0 Å². The number of hydrogen-bond acceptors (Lipinski definition) is 4. The first-order valence-corrected chi connectivity index (χ1v) is 8.57. The van der Waals surface area contributed by atoms with Crippen LogP contribution in [0.4, 0.5) is 4.79 Å². The summed E-state index contributed by atoms with van der Waals surface area (Å²) in [6.07, 6.45) is 3.88. The van der Waals surface area contributed by atoms with Crippen LogP contribution in [0.1, 0.15) is 66.7 Å². The van der Waals surface area contributed by atoms with Crippen LogP contribution in [-0.4, -0.2) is 41.8 Å². The molecule has 0 N–H and O–H groups in total. The molecule has 0 aromatic rings. The van der Waals surface area contributed by atoms with Crippen LogP contribution in [0.15, 0.2) is 0 Å². The number of nitrogens with zero attached hydrogens (tertiary/aromatic N) is 1. The van der Waals surface area contributed by atoms with Gasteiger partial charge in [0, 0.05) is 19.1 Å². The van der Waals surface area contributed by atoms with E-state index in [1.165, 1.54) is 4.90 Å². The monoisotopic (exact) mass is 325 g/mol. The summed E-state index contributed by atoms with van der Waals surface area (Å²) in [6.45, 7) is 10.1. The van der Waals surface area contributed by atoms with Crippen molar-refractivity contribution in [2.45, 2.75) is 77.9 Å². The summed E-state index contributed by atoms with van der Waals surface area (Å²) in [5, 5.41) is 0. The molecule has 23 heavy (non-hydrogen) atoms. The Labute approximate surface area is 139 Å². The molecule has 1 spiro atoms. The van der Waals surface area contributed by atoms with Crippen LogP contribution in [0.2, 0.25) is 0 Å². The summed E-state index contributed by atoms with van der Waals surface area (Å²) in [7, 11) is 1.72. The SMILES string of the molecule is COCC1CCC2(CC1)CC(C)(C)C(=O)N2C(=O)OC(C)(C)C. The maximum absolute atomic E-state index is 12.8. The molecule has 1 saturated carbocycles. The van der Waals surface area contributed by atoms with Crippen molar-refractivity contribution in [1.82, 2.24) is 4.90 Å². The fourth-order valence-corrected chi connectivity index (χ4v) is 4.10. The first-order valence-electron chi connectivity index (χ1n) is 8.57. The lowest BCUT2D eigenvalue weighted by molar-refractivity contribution is -0.136. The van der Waals surface area contributed by atoms with Gasteiger partial charge in [-0.1, -0.05) is 13.8 Å². The maximum atomic E-state index is 12.8. The maximum Gasteiger partial charge on any atom is 0.417 e. The third-order valence-electron chi connectivity index (χ3n) is 5.04. The lowest BCUT2D eigenvalue weighted by atomic mass is 9.72. The number of imide groups is 1. The molecule has 1 aliphatic carbocycles. The zero-order valence-corrected chi connectivity index (χ0v) is 15.4. The molecule has 0 radical (unpaired) electrons. The molecule has 1 saturated heterocycles. The minimum absolute atomic E-state index is 0.100. The largest absolute Gasteiger partial charge is 0.443 e. The van der Waals surface area contributed by atoms with Gasteiger partial charge in [-0.25, -0.2) is 9.69 Å². The first-order chi connectivity index (χ1) is 10.5. The van der Waals surface area contributed by atoms with Crippen molar-refractivity contribution >= 4 is 12.0 Å². The van der Waals surface area contributed by atoms with Crippen molar-refractivity contribution < 1.29 is 19.1 Å². The Morgan fingerprint density at radius 1 is 1.26 bits per heavy atom. The molecule has 5 nitrogen and oxygen atoms in total. The molecule has 0 atom stereocenters. The number of methoxy groups -OCH3 is 1. The lowest BCUT2D eigenvalue weighted by Crippen LogP contribution is -2.53. The molecule has 0 aromatic carbocycles. The van der Waals surface area contributed by atoms with E-state index < -0.39 is 17.1 Å². The van der Waals surface area contributed by atoms with E-state index >= 15 is 0 Å². The third-order valence-corrected chi connectivity index (χ3v) is 5.04. The lowest BCUT2D eigenvalue weighted by Gasteiger charge is -2.42. The molecule has 132 valence electrons. The van der Waals surface area contributed by atoms with Crippen molar-refractivity contribution in [3.05, 3.63) is 0 Å². The summed E-state index contributed by atoms with van der Waals surface area (Å²) in [6, 6.07) is 0. The molecule has 2 aliphatic rings. The summed E-state index contributed by atoms with van der Waals surface area (Å²) in [5.41, 5.74) is -1.49. The van der Waals surface area contributed by atoms with Crippen molar-refractivity contribution in [2.75, 3.05) is 13.7 Å². The van der Waals surface area contributed by atoms with Crippen molar-refractivity contribution in [2.24, 2.45) is 11.3 Å². The molecule has 1 heterocycles. The fraction of sp³-hybridized carbons (Fsp3) is 0.889. The van der Waals surface area contributed by atoms with Gasteiger partial charge >= 0.3 is 6.09 Å². The summed E-state index contributed by atoms with van der Waals surface area (Å²) < 4.78 is 10.8. The van der Waals surface area contributed by atoms with E-state index in [0.29, 0.717) is 5.92 Å². The molecule has 2 rings (SSSR count). The van der Waals surface area contributed by atoms with Gasteiger partial charge < -0.3 is 9.47 Å². The van der Waals surface area contributed by atoms with Crippen LogP contribution >= 0.6 is 0 Å². The predicted octanol–water partition coefficient (Wildman–Crippen LogP) is 3.76. The van der Waals surface area contributed by atoms with Crippen LogP contribution < -0.4 is 0 Å². The van der Waals surface area contributed by atoms with Gasteiger partial charge in [-0.2, -0.15) is 0 Å². The summed E-state index contributed by atoms with van der Waals surface area (Å²) >= 11 is 0. The van der Waals surface area contributed by atoms with Gasteiger partial charge in [0.1, 0.15) is 5.60 Å². The van der Waals surface area contributed by atoms with Crippen molar-refractivity contribution in [3.8, 4) is 0 Å². The van der Waals surface area contributed by atoms with E-state index in [1.807, 2.05) is 34.6 Å². The minimum Gasteiger partial charge on any atom is -0.443 e. The molecule has 0 bridgehead atoms. The number of rotatable bonds is 2. The Hall–Kier alpha value is -1.10. The normalized spacial score (nSPS) is 30.8. The second-order valence-corrected chi connectivity index (χ2v) is 8.80. The number of likely N-dealkylation sites (tertiary alicyclic amines) is 1. The Kier molecular flexibility index (Phi) is 4.82. The fourth-order valence-electron chi connectivity index (χ4n) is 4.10. The zero-order chi connectivity index (χ0) is 17.5. The van der Waals surface area contributed by atoms with E-state index in [-0.39, 0.29) is 11.4 Å².